The van der Waals surface area contributed by atoms with Crippen molar-refractivity contribution in [3.8, 4) is 0 Å². The highest BCUT2D eigenvalue weighted by Gasteiger charge is 2.44. The van der Waals surface area contributed by atoms with Crippen molar-refractivity contribution < 1.29 is 14.7 Å². The number of aliphatic hydroxyl groups is 1. The van der Waals surface area contributed by atoms with Crippen molar-refractivity contribution in [3.05, 3.63) is 101 Å². The van der Waals surface area contributed by atoms with Crippen LogP contribution >= 0.6 is 11.6 Å². The molecule has 6 heteroatoms. The van der Waals surface area contributed by atoms with Gasteiger partial charge in [0, 0.05) is 11.9 Å². The molecule has 0 aliphatic rings. The normalized spacial score (nSPS) is 11.0. The maximum atomic E-state index is 13.5. The number of carbonyl (C=O) groups excluding carboxylic acids is 2. The molecule has 29 heavy (non-hydrogen) atoms. The summed E-state index contributed by atoms with van der Waals surface area (Å²) in [5.41, 5.74) is 2.74. The number of hydrogen-bond donors (Lipinski definition) is 2. The summed E-state index contributed by atoms with van der Waals surface area (Å²) in [6.45, 7) is 3.10. The Hall–Kier alpha value is -3.15. The first kappa shape index (κ1) is 20.6. The molecule has 148 valence electrons. The van der Waals surface area contributed by atoms with Gasteiger partial charge in [-0.15, -0.1) is 0 Å². The molecule has 2 N–H and O–H groups in total. The highest BCUT2D eigenvalue weighted by atomic mass is 35.5. The summed E-state index contributed by atoms with van der Waals surface area (Å²) in [4.78, 5) is 25.9. The van der Waals surface area contributed by atoms with Crippen LogP contribution in [-0.2, 0) is 15.2 Å². The summed E-state index contributed by atoms with van der Waals surface area (Å²) >= 11 is 6.16. The number of amides is 2. The zero-order chi connectivity index (χ0) is 21.0. The van der Waals surface area contributed by atoms with Gasteiger partial charge in [-0.3, -0.25) is 15.0 Å². The van der Waals surface area contributed by atoms with Crippen LogP contribution in [0.25, 0.3) is 0 Å². The number of imide groups is 1. The van der Waals surface area contributed by atoms with Crippen LogP contribution in [0.4, 0.5) is 5.69 Å². The van der Waals surface area contributed by atoms with Crippen molar-refractivity contribution in [2.75, 3.05) is 5.43 Å². The predicted molar refractivity (Wildman–Crippen MR) is 113 cm³/mol. The average Bonchev–Trinajstić information content (AvgIpc) is 2.74. The van der Waals surface area contributed by atoms with Crippen molar-refractivity contribution >= 4 is 29.1 Å². The lowest BCUT2D eigenvalue weighted by Gasteiger charge is -2.33. The first-order valence-electron chi connectivity index (χ1n) is 9.05. The first-order valence-corrected chi connectivity index (χ1v) is 9.43. The summed E-state index contributed by atoms with van der Waals surface area (Å²) in [5, 5.41) is 12.9. The van der Waals surface area contributed by atoms with Gasteiger partial charge in [-0.2, -0.15) is 5.01 Å². The predicted octanol–water partition coefficient (Wildman–Crippen LogP) is 4.29. The number of halogens is 1. The van der Waals surface area contributed by atoms with E-state index in [0.717, 1.165) is 10.6 Å². The molecule has 0 spiro atoms. The number of nitrogens with zero attached hydrogens (tertiary/aromatic N) is 1. The largest absolute Gasteiger partial charge is 0.372 e. The summed E-state index contributed by atoms with van der Waals surface area (Å²) in [6, 6.07) is 22.1. The summed E-state index contributed by atoms with van der Waals surface area (Å²) in [7, 11) is 0. The van der Waals surface area contributed by atoms with Crippen LogP contribution in [-0.4, -0.2) is 21.9 Å². The first-order chi connectivity index (χ1) is 13.8. The van der Waals surface area contributed by atoms with Gasteiger partial charge >= 0.3 is 0 Å². The van der Waals surface area contributed by atoms with E-state index in [0.29, 0.717) is 21.8 Å². The molecule has 0 fully saturated rings. The number of hydrogen-bond acceptors (Lipinski definition) is 4. The summed E-state index contributed by atoms with van der Waals surface area (Å²) in [6.07, 6.45) is 0. The zero-order valence-electron chi connectivity index (χ0n) is 16.1. The van der Waals surface area contributed by atoms with Crippen LogP contribution in [0.1, 0.15) is 23.6 Å². The Bertz CT molecular complexity index is 983. The van der Waals surface area contributed by atoms with E-state index in [2.05, 4.69) is 5.43 Å². The van der Waals surface area contributed by atoms with E-state index in [1.165, 1.54) is 6.92 Å². The van der Waals surface area contributed by atoms with Gasteiger partial charge in [-0.1, -0.05) is 78.3 Å². The molecule has 0 aliphatic heterocycles. The lowest BCUT2D eigenvalue weighted by atomic mass is 9.85. The third kappa shape index (κ3) is 4.16. The van der Waals surface area contributed by atoms with E-state index in [1.807, 2.05) is 6.92 Å². The Balaban J connectivity index is 2.07. The van der Waals surface area contributed by atoms with Crippen LogP contribution < -0.4 is 5.43 Å². The number of hydrazine groups is 1. The number of anilines is 1. The summed E-state index contributed by atoms with van der Waals surface area (Å²) < 4.78 is 0. The fourth-order valence-corrected chi connectivity index (χ4v) is 3.18. The fraction of sp³-hybridized carbons (Fsp3) is 0.130. The molecular formula is C23H21ClN2O3. The van der Waals surface area contributed by atoms with Gasteiger partial charge in [0.05, 0.1) is 5.69 Å². The summed E-state index contributed by atoms with van der Waals surface area (Å²) in [5.74, 6) is -1.39. The molecule has 3 aromatic carbocycles. The number of carbonyl (C=O) groups is 2. The lowest BCUT2D eigenvalue weighted by molar-refractivity contribution is -0.153. The Morgan fingerprint density at radius 3 is 1.90 bits per heavy atom. The Morgan fingerprint density at radius 2 is 1.45 bits per heavy atom. The maximum absolute atomic E-state index is 13.5. The van der Waals surface area contributed by atoms with E-state index in [9.17, 15) is 14.7 Å². The van der Waals surface area contributed by atoms with Gasteiger partial charge in [-0.05, 0) is 35.7 Å². The minimum Gasteiger partial charge on any atom is -0.372 e. The van der Waals surface area contributed by atoms with E-state index in [4.69, 9.17) is 11.6 Å². The highest BCUT2D eigenvalue weighted by molar-refractivity contribution is 6.31. The minimum absolute atomic E-state index is 0.353. The molecule has 0 heterocycles. The van der Waals surface area contributed by atoms with Crippen LogP contribution in [0.5, 0.6) is 0 Å². The quantitative estimate of drug-likeness (QED) is 0.618. The second-order valence-electron chi connectivity index (χ2n) is 6.68. The van der Waals surface area contributed by atoms with Crippen molar-refractivity contribution in [2.45, 2.75) is 19.4 Å². The van der Waals surface area contributed by atoms with Crippen LogP contribution in [0.15, 0.2) is 78.9 Å². The van der Waals surface area contributed by atoms with E-state index in [-0.39, 0.29) is 0 Å². The van der Waals surface area contributed by atoms with Gasteiger partial charge < -0.3 is 5.11 Å². The molecule has 0 saturated heterocycles. The second kappa shape index (κ2) is 8.47. The Kier molecular flexibility index (Phi) is 6.01. The molecule has 0 atom stereocenters. The number of rotatable bonds is 5. The monoisotopic (exact) mass is 408 g/mol. The minimum atomic E-state index is -2.06. The van der Waals surface area contributed by atoms with Crippen LogP contribution in [0, 0.1) is 6.92 Å². The third-order valence-corrected chi connectivity index (χ3v) is 5.03. The molecule has 0 radical (unpaired) electrons. The molecule has 3 aromatic rings. The van der Waals surface area contributed by atoms with Gasteiger partial charge in [0.25, 0.3) is 5.91 Å². The SMILES string of the molecule is CC(=O)N(Nc1ccc(C)c(Cl)c1)C(=O)C(O)(c1ccccc1)c1ccccc1. The number of nitrogens with one attached hydrogen (secondary N) is 1. The molecule has 5 nitrogen and oxygen atoms in total. The van der Waals surface area contributed by atoms with Crippen LogP contribution in [0.3, 0.4) is 0 Å². The van der Waals surface area contributed by atoms with Gasteiger partial charge in [0.15, 0.2) is 5.60 Å². The maximum Gasteiger partial charge on any atom is 0.289 e. The van der Waals surface area contributed by atoms with Crippen molar-refractivity contribution in [1.82, 2.24) is 5.01 Å². The van der Waals surface area contributed by atoms with E-state index < -0.39 is 17.4 Å². The molecule has 0 unspecified atom stereocenters. The topological polar surface area (TPSA) is 69.6 Å². The van der Waals surface area contributed by atoms with Crippen LogP contribution in [0.2, 0.25) is 5.02 Å². The van der Waals surface area contributed by atoms with Gasteiger partial charge in [0.2, 0.25) is 5.91 Å². The van der Waals surface area contributed by atoms with Crippen molar-refractivity contribution in [2.24, 2.45) is 0 Å². The second-order valence-corrected chi connectivity index (χ2v) is 7.09. The molecule has 3 rings (SSSR count). The molecule has 0 saturated carbocycles. The number of benzene rings is 3. The molecule has 0 aliphatic carbocycles. The average molecular weight is 409 g/mol. The third-order valence-electron chi connectivity index (χ3n) is 4.62. The van der Waals surface area contributed by atoms with E-state index >= 15 is 0 Å². The van der Waals surface area contributed by atoms with Gasteiger partial charge in [0.1, 0.15) is 0 Å². The standard InChI is InChI=1S/C23H21ClN2O3/c1-16-13-14-20(15-21(16)24)25-26(17(2)27)22(28)23(29,18-9-5-3-6-10-18)19-11-7-4-8-12-19/h3-15,25,29H,1-2H3. The number of aryl methyl sites for hydroxylation is 1. The van der Waals surface area contributed by atoms with Crippen molar-refractivity contribution in [1.29, 1.82) is 0 Å². The fourth-order valence-electron chi connectivity index (χ4n) is 3.00. The molecule has 0 bridgehead atoms. The Morgan fingerprint density at radius 1 is 0.931 bits per heavy atom. The smallest absolute Gasteiger partial charge is 0.289 e. The van der Waals surface area contributed by atoms with Gasteiger partial charge in [-0.25, -0.2) is 0 Å². The molecular weight excluding hydrogens is 388 g/mol. The Labute approximate surface area is 174 Å². The molecule has 2 amide bonds. The highest BCUT2D eigenvalue weighted by Crippen LogP contribution is 2.32. The lowest BCUT2D eigenvalue weighted by Crippen LogP contribution is -2.52. The van der Waals surface area contributed by atoms with Crippen molar-refractivity contribution in [3.63, 3.8) is 0 Å². The molecule has 0 aromatic heterocycles. The zero-order valence-corrected chi connectivity index (χ0v) is 16.9. The van der Waals surface area contributed by atoms with E-state index in [1.54, 1.807) is 78.9 Å².